The van der Waals surface area contributed by atoms with Gasteiger partial charge in [-0.15, -0.1) is 0 Å². The molecule has 0 atom stereocenters. The summed E-state index contributed by atoms with van der Waals surface area (Å²) in [6.07, 6.45) is 7.52. The van der Waals surface area contributed by atoms with E-state index in [9.17, 15) is 0 Å². The van der Waals surface area contributed by atoms with Crippen LogP contribution in [0.3, 0.4) is 0 Å². The van der Waals surface area contributed by atoms with E-state index in [1.165, 1.54) is 18.4 Å². The Balaban J connectivity index is 1.96. The van der Waals surface area contributed by atoms with Gasteiger partial charge in [0.15, 0.2) is 0 Å². The Kier molecular flexibility index (Phi) is 2.54. The van der Waals surface area contributed by atoms with Crippen molar-refractivity contribution in [3.63, 3.8) is 0 Å². The van der Waals surface area contributed by atoms with E-state index >= 15 is 0 Å². The van der Waals surface area contributed by atoms with E-state index in [-0.39, 0.29) is 0 Å². The van der Waals surface area contributed by atoms with Crippen molar-refractivity contribution >= 4 is 0 Å². The highest BCUT2D eigenvalue weighted by Crippen LogP contribution is 2.39. The summed E-state index contributed by atoms with van der Waals surface area (Å²) < 4.78 is 0. The van der Waals surface area contributed by atoms with Gasteiger partial charge in [-0.2, -0.15) is 0 Å². The van der Waals surface area contributed by atoms with Gasteiger partial charge in [0.2, 0.25) is 0 Å². The van der Waals surface area contributed by atoms with Crippen molar-refractivity contribution in [1.82, 2.24) is 15.3 Å². The van der Waals surface area contributed by atoms with E-state index in [1.54, 1.807) is 0 Å². The van der Waals surface area contributed by atoms with Crippen LogP contribution in [0.1, 0.15) is 30.1 Å². The molecule has 1 aromatic rings. The molecule has 1 saturated carbocycles. The van der Waals surface area contributed by atoms with Crippen LogP contribution in [0.2, 0.25) is 0 Å². The summed E-state index contributed by atoms with van der Waals surface area (Å²) in [5.74, 6) is 1.71. The number of likely N-dealkylation sites (N-methyl/N-ethyl adjacent to an activating group) is 1. The SMILES string of the molecule is CNCCc1ncc(C2CC2)cn1. The Morgan fingerprint density at radius 3 is 2.62 bits per heavy atom. The van der Waals surface area contributed by atoms with Gasteiger partial charge in [-0.3, -0.25) is 0 Å². The van der Waals surface area contributed by atoms with Crippen LogP contribution in [0, 0.1) is 0 Å². The summed E-state index contributed by atoms with van der Waals surface area (Å²) in [4.78, 5) is 8.65. The molecule has 0 aromatic carbocycles. The van der Waals surface area contributed by atoms with Crippen LogP contribution >= 0.6 is 0 Å². The summed E-state index contributed by atoms with van der Waals surface area (Å²) in [6, 6.07) is 0. The minimum Gasteiger partial charge on any atom is -0.319 e. The second kappa shape index (κ2) is 3.83. The first-order valence-electron chi connectivity index (χ1n) is 4.85. The van der Waals surface area contributed by atoms with Crippen LogP contribution in [0.15, 0.2) is 12.4 Å². The Morgan fingerprint density at radius 2 is 2.08 bits per heavy atom. The van der Waals surface area contributed by atoms with E-state index in [4.69, 9.17) is 0 Å². The molecule has 1 aliphatic carbocycles. The number of hydrogen-bond acceptors (Lipinski definition) is 3. The van der Waals surface area contributed by atoms with E-state index < -0.39 is 0 Å². The third-order valence-electron chi connectivity index (χ3n) is 2.37. The predicted molar refractivity (Wildman–Crippen MR) is 51.6 cm³/mol. The average molecular weight is 177 g/mol. The number of nitrogens with one attached hydrogen (secondary N) is 1. The Labute approximate surface area is 78.6 Å². The fourth-order valence-corrected chi connectivity index (χ4v) is 1.36. The molecule has 1 aromatic heterocycles. The average Bonchev–Trinajstić information content (AvgIpc) is 2.99. The van der Waals surface area contributed by atoms with E-state index in [0.717, 1.165) is 24.7 Å². The van der Waals surface area contributed by atoms with Gasteiger partial charge < -0.3 is 5.32 Å². The molecule has 0 radical (unpaired) electrons. The van der Waals surface area contributed by atoms with Crippen molar-refractivity contribution in [2.24, 2.45) is 0 Å². The zero-order valence-corrected chi connectivity index (χ0v) is 7.95. The van der Waals surface area contributed by atoms with Crippen molar-refractivity contribution in [2.45, 2.75) is 25.2 Å². The van der Waals surface area contributed by atoms with Gasteiger partial charge in [0.1, 0.15) is 5.82 Å². The molecule has 1 heterocycles. The Bertz CT molecular complexity index is 264. The van der Waals surface area contributed by atoms with Crippen LogP contribution < -0.4 is 5.32 Å². The fraction of sp³-hybridized carbons (Fsp3) is 0.600. The largest absolute Gasteiger partial charge is 0.319 e. The number of hydrogen-bond donors (Lipinski definition) is 1. The highest BCUT2D eigenvalue weighted by Gasteiger charge is 2.23. The zero-order valence-electron chi connectivity index (χ0n) is 7.95. The molecule has 3 heteroatoms. The molecule has 0 spiro atoms. The van der Waals surface area contributed by atoms with Gasteiger partial charge in [0.25, 0.3) is 0 Å². The van der Waals surface area contributed by atoms with Gasteiger partial charge in [-0.05, 0) is 31.4 Å². The molecule has 70 valence electrons. The first kappa shape index (κ1) is 8.63. The lowest BCUT2D eigenvalue weighted by atomic mass is 10.2. The summed E-state index contributed by atoms with van der Waals surface area (Å²) in [5.41, 5.74) is 1.31. The van der Waals surface area contributed by atoms with Crippen LogP contribution in [-0.4, -0.2) is 23.6 Å². The lowest BCUT2D eigenvalue weighted by molar-refractivity contribution is 0.752. The molecule has 1 aliphatic rings. The van der Waals surface area contributed by atoms with E-state index in [2.05, 4.69) is 15.3 Å². The number of nitrogens with zero attached hydrogens (tertiary/aromatic N) is 2. The molecular formula is C10H15N3. The summed E-state index contributed by atoms with van der Waals surface area (Å²) in [6.45, 7) is 0.947. The van der Waals surface area contributed by atoms with E-state index in [1.807, 2.05) is 19.4 Å². The zero-order chi connectivity index (χ0) is 9.10. The van der Waals surface area contributed by atoms with Gasteiger partial charge in [0.05, 0.1) is 0 Å². The van der Waals surface area contributed by atoms with Crippen molar-refractivity contribution in [3.05, 3.63) is 23.8 Å². The Hall–Kier alpha value is -0.960. The number of rotatable bonds is 4. The molecule has 1 N–H and O–H groups in total. The van der Waals surface area contributed by atoms with Gasteiger partial charge in [-0.25, -0.2) is 9.97 Å². The molecule has 2 rings (SSSR count). The predicted octanol–water partition coefficient (Wildman–Crippen LogP) is 1.12. The molecule has 13 heavy (non-hydrogen) atoms. The molecule has 3 nitrogen and oxygen atoms in total. The van der Waals surface area contributed by atoms with Crippen molar-refractivity contribution in [2.75, 3.05) is 13.6 Å². The van der Waals surface area contributed by atoms with Crippen LogP contribution in [0.25, 0.3) is 0 Å². The molecule has 0 aliphatic heterocycles. The lowest BCUT2D eigenvalue weighted by Crippen LogP contribution is -2.12. The smallest absolute Gasteiger partial charge is 0.129 e. The molecular weight excluding hydrogens is 162 g/mol. The van der Waals surface area contributed by atoms with Crippen molar-refractivity contribution < 1.29 is 0 Å². The molecule has 1 fully saturated rings. The third kappa shape index (κ3) is 2.25. The molecule has 0 bridgehead atoms. The molecule has 0 unspecified atom stereocenters. The normalized spacial score (nSPS) is 16.1. The topological polar surface area (TPSA) is 37.8 Å². The first-order chi connectivity index (χ1) is 6.40. The van der Waals surface area contributed by atoms with Crippen LogP contribution in [0.5, 0.6) is 0 Å². The third-order valence-corrected chi connectivity index (χ3v) is 2.37. The summed E-state index contributed by atoms with van der Waals surface area (Å²) >= 11 is 0. The van der Waals surface area contributed by atoms with Crippen molar-refractivity contribution in [1.29, 1.82) is 0 Å². The monoisotopic (exact) mass is 177 g/mol. The minimum atomic E-state index is 0.762. The highest BCUT2D eigenvalue weighted by molar-refractivity contribution is 5.16. The number of aromatic nitrogens is 2. The standard InChI is InChI=1S/C10H15N3/c1-11-5-4-10-12-6-9(7-13-10)8-2-3-8/h6-8,11H,2-5H2,1H3. The second-order valence-electron chi connectivity index (χ2n) is 3.56. The van der Waals surface area contributed by atoms with Crippen molar-refractivity contribution in [3.8, 4) is 0 Å². The highest BCUT2D eigenvalue weighted by atomic mass is 14.9. The maximum atomic E-state index is 4.33. The first-order valence-corrected chi connectivity index (χ1v) is 4.85. The second-order valence-corrected chi connectivity index (χ2v) is 3.56. The Morgan fingerprint density at radius 1 is 1.38 bits per heavy atom. The van der Waals surface area contributed by atoms with Gasteiger partial charge in [-0.1, -0.05) is 0 Å². The maximum absolute atomic E-state index is 4.33. The summed E-state index contributed by atoms with van der Waals surface area (Å²) in [7, 11) is 1.94. The van der Waals surface area contributed by atoms with Gasteiger partial charge in [0, 0.05) is 25.4 Å². The quantitative estimate of drug-likeness (QED) is 0.748. The van der Waals surface area contributed by atoms with Crippen LogP contribution in [0.4, 0.5) is 0 Å². The summed E-state index contributed by atoms with van der Waals surface area (Å²) in [5, 5.41) is 3.09. The molecule has 0 amide bonds. The van der Waals surface area contributed by atoms with Gasteiger partial charge >= 0.3 is 0 Å². The molecule has 0 saturated heterocycles. The van der Waals surface area contributed by atoms with E-state index in [0.29, 0.717) is 0 Å². The fourth-order valence-electron chi connectivity index (χ4n) is 1.36. The lowest BCUT2D eigenvalue weighted by Gasteiger charge is -2.00. The van der Waals surface area contributed by atoms with Crippen LogP contribution in [-0.2, 0) is 6.42 Å². The maximum Gasteiger partial charge on any atom is 0.129 e. The minimum absolute atomic E-state index is 0.762.